The predicted molar refractivity (Wildman–Crippen MR) is 94.5 cm³/mol. The van der Waals surface area contributed by atoms with E-state index >= 15 is 0 Å². The normalized spacial score (nSPS) is 13.1. The van der Waals surface area contributed by atoms with E-state index in [2.05, 4.69) is 19.1 Å². The highest BCUT2D eigenvalue weighted by atomic mass is 16.5. The topological polar surface area (TPSA) is 43.4 Å². The summed E-state index contributed by atoms with van der Waals surface area (Å²) in [5.74, 6) is -0.935. The molecule has 0 saturated heterocycles. The van der Waals surface area contributed by atoms with Crippen molar-refractivity contribution in [2.75, 3.05) is 0 Å². The highest BCUT2D eigenvalue weighted by Crippen LogP contribution is 2.24. The van der Waals surface area contributed by atoms with Gasteiger partial charge in [0.1, 0.15) is 18.3 Å². The molecule has 2 aromatic rings. The van der Waals surface area contributed by atoms with E-state index in [1.54, 1.807) is 0 Å². The van der Waals surface area contributed by atoms with Crippen LogP contribution in [0.2, 0.25) is 0 Å². The lowest BCUT2D eigenvalue weighted by atomic mass is 9.90. The summed E-state index contributed by atoms with van der Waals surface area (Å²) in [4.78, 5) is 24.1. The molecule has 0 amide bonds. The summed E-state index contributed by atoms with van der Waals surface area (Å²) in [6, 6.07) is 19.6. The maximum absolute atomic E-state index is 12.3. The molecule has 0 fully saturated rings. The molecule has 0 N–H and O–H groups in total. The van der Waals surface area contributed by atoms with E-state index in [-0.39, 0.29) is 12.4 Å². The van der Waals surface area contributed by atoms with Crippen LogP contribution in [0.25, 0.3) is 0 Å². The number of ether oxygens (including phenoxy) is 1. The van der Waals surface area contributed by atoms with Crippen LogP contribution in [0.5, 0.6) is 0 Å². The Labute approximate surface area is 143 Å². The molecule has 126 valence electrons. The number of hydrogen-bond donors (Lipinski definition) is 0. The zero-order valence-corrected chi connectivity index (χ0v) is 14.3. The molecule has 2 unspecified atom stereocenters. The minimum atomic E-state index is -0.681. The third-order valence-electron chi connectivity index (χ3n) is 4.26. The fraction of sp³-hybridized carbons (Fsp3) is 0.333. The number of carbonyl (C=O) groups excluding carboxylic acids is 2. The van der Waals surface area contributed by atoms with E-state index in [0.717, 1.165) is 12.0 Å². The van der Waals surface area contributed by atoms with Crippen LogP contribution in [-0.2, 0) is 20.9 Å². The Balaban J connectivity index is 1.89. The molecule has 0 saturated carbocycles. The van der Waals surface area contributed by atoms with E-state index in [1.807, 2.05) is 48.5 Å². The number of carbonyl (C=O) groups is 2. The van der Waals surface area contributed by atoms with Gasteiger partial charge in [0, 0.05) is 0 Å². The lowest BCUT2D eigenvalue weighted by Crippen LogP contribution is -2.24. The predicted octanol–water partition coefficient (Wildman–Crippen LogP) is 4.52. The van der Waals surface area contributed by atoms with Crippen molar-refractivity contribution in [3.05, 3.63) is 71.8 Å². The van der Waals surface area contributed by atoms with Crippen LogP contribution in [0.15, 0.2) is 60.7 Å². The SMILES string of the molecule is CC(=O)C(CCC(C)c1ccccc1)C(=O)OCc1ccccc1. The summed E-state index contributed by atoms with van der Waals surface area (Å²) in [6.45, 7) is 3.78. The van der Waals surface area contributed by atoms with E-state index in [0.29, 0.717) is 12.3 Å². The van der Waals surface area contributed by atoms with Gasteiger partial charge in [-0.3, -0.25) is 9.59 Å². The van der Waals surface area contributed by atoms with Crippen LogP contribution in [0.3, 0.4) is 0 Å². The lowest BCUT2D eigenvalue weighted by Gasteiger charge is -2.16. The summed E-state index contributed by atoms with van der Waals surface area (Å²) < 4.78 is 5.33. The fourth-order valence-electron chi connectivity index (χ4n) is 2.68. The zero-order chi connectivity index (χ0) is 17.4. The Morgan fingerprint density at radius 1 is 0.917 bits per heavy atom. The van der Waals surface area contributed by atoms with Crippen LogP contribution in [-0.4, -0.2) is 11.8 Å². The van der Waals surface area contributed by atoms with Crippen LogP contribution in [0.4, 0.5) is 0 Å². The molecule has 0 aliphatic heterocycles. The molecular weight excluding hydrogens is 300 g/mol. The molecule has 0 aliphatic rings. The number of rotatable bonds is 8. The van der Waals surface area contributed by atoms with Gasteiger partial charge in [-0.25, -0.2) is 0 Å². The van der Waals surface area contributed by atoms with E-state index in [4.69, 9.17) is 4.74 Å². The second-order valence-corrected chi connectivity index (χ2v) is 6.15. The van der Waals surface area contributed by atoms with Gasteiger partial charge in [0.25, 0.3) is 0 Å². The minimum absolute atomic E-state index is 0.131. The maximum Gasteiger partial charge on any atom is 0.316 e. The summed E-state index contributed by atoms with van der Waals surface area (Å²) in [6.07, 6.45) is 1.29. The minimum Gasteiger partial charge on any atom is -0.460 e. The highest BCUT2D eigenvalue weighted by molar-refractivity contribution is 5.97. The molecule has 2 atom stereocenters. The van der Waals surface area contributed by atoms with Gasteiger partial charge in [0.05, 0.1) is 0 Å². The molecule has 3 heteroatoms. The first kappa shape index (κ1) is 17.9. The number of Topliss-reactive ketones (excluding diaryl/α,β-unsaturated/α-hetero) is 1. The Bertz CT molecular complexity index is 649. The monoisotopic (exact) mass is 324 g/mol. The number of esters is 1. The van der Waals surface area contributed by atoms with Crippen LogP contribution < -0.4 is 0 Å². The van der Waals surface area contributed by atoms with Crippen molar-refractivity contribution < 1.29 is 14.3 Å². The van der Waals surface area contributed by atoms with E-state index < -0.39 is 11.9 Å². The molecule has 0 spiro atoms. The number of ketones is 1. The number of benzene rings is 2. The Hall–Kier alpha value is -2.42. The van der Waals surface area contributed by atoms with Crippen molar-refractivity contribution >= 4 is 11.8 Å². The average molecular weight is 324 g/mol. The first-order chi connectivity index (χ1) is 11.6. The van der Waals surface area contributed by atoms with Crippen molar-refractivity contribution in [3.8, 4) is 0 Å². The van der Waals surface area contributed by atoms with E-state index in [1.165, 1.54) is 12.5 Å². The first-order valence-corrected chi connectivity index (χ1v) is 8.34. The lowest BCUT2D eigenvalue weighted by molar-refractivity contribution is -0.153. The molecule has 0 radical (unpaired) electrons. The highest BCUT2D eigenvalue weighted by Gasteiger charge is 2.25. The molecule has 0 aliphatic carbocycles. The molecule has 0 bridgehead atoms. The summed E-state index contributed by atoms with van der Waals surface area (Å²) in [7, 11) is 0. The third-order valence-corrected chi connectivity index (χ3v) is 4.26. The van der Waals surface area contributed by atoms with Crippen molar-refractivity contribution in [1.29, 1.82) is 0 Å². The molecule has 24 heavy (non-hydrogen) atoms. The number of hydrogen-bond acceptors (Lipinski definition) is 3. The van der Waals surface area contributed by atoms with Crippen LogP contribution in [0.1, 0.15) is 43.7 Å². The maximum atomic E-state index is 12.3. The second kappa shape index (κ2) is 9.02. The zero-order valence-electron chi connectivity index (χ0n) is 14.3. The van der Waals surface area contributed by atoms with Crippen LogP contribution in [0, 0.1) is 5.92 Å². The quantitative estimate of drug-likeness (QED) is 0.530. The fourth-order valence-corrected chi connectivity index (χ4v) is 2.68. The standard InChI is InChI=1S/C21H24O3/c1-16(19-11-7-4-8-12-19)13-14-20(17(2)22)21(23)24-15-18-9-5-3-6-10-18/h3-12,16,20H,13-15H2,1-2H3. The van der Waals surface area contributed by atoms with Gasteiger partial charge in [0.2, 0.25) is 0 Å². The second-order valence-electron chi connectivity index (χ2n) is 6.15. The van der Waals surface area contributed by atoms with Gasteiger partial charge in [0.15, 0.2) is 0 Å². The summed E-state index contributed by atoms with van der Waals surface area (Å²) >= 11 is 0. The van der Waals surface area contributed by atoms with Gasteiger partial charge in [-0.15, -0.1) is 0 Å². The van der Waals surface area contributed by atoms with Gasteiger partial charge >= 0.3 is 5.97 Å². The first-order valence-electron chi connectivity index (χ1n) is 8.34. The molecule has 2 aromatic carbocycles. The Kier molecular flexibility index (Phi) is 6.74. The van der Waals surface area contributed by atoms with Gasteiger partial charge < -0.3 is 4.74 Å². The average Bonchev–Trinajstić information content (AvgIpc) is 2.61. The molecular formula is C21H24O3. The van der Waals surface area contributed by atoms with Gasteiger partial charge in [-0.2, -0.15) is 0 Å². The molecule has 2 rings (SSSR count). The molecule has 0 heterocycles. The van der Waals surface area contributed by atoms with Gasteiger partial charge in [-0.1, -0.05) is 67.6 Å². The summed E-state index contributed by atoms with van der Waals surface area (Å²) in [5, 5.41) is 0. The Morgan fingerprint density at radius 3 is 2.08 bits per heavy atom. The van der Waals surface area contributed by atoms with Gasteiger partial charge in [-0.05, 0) is 36.8 Å². The van der Waals surface area contributed by atoms with Crippen molar-refractivity contribution in [2.24, 2.45) is 5.92 Å². The summed E-state index contributed by atoms with van der Waals surface area (Å²) in [5.41, 5.74) is 2.14. The third kappa shape index (κ3) is 5.34. The van der Waals surface area contributed by atoms with Crippen molar-refractivity contribution in [3.63, 3.8) is 0 Å². The van der Waals surface area contributed by atoms with Crippen molar-refractivity contribution in [2.45, 2.75) is 39.2 Å². The molecule has 3 nitrogen and oxygen atoms in total. The van der Waals surface area contributed by atoms with Crippen molar-refractivity contribution in [1.82, 2.24) is 0 Å². The van der Waals surface area contributed by atoms with Crippen LogP contribution >= 0.6 is 0 Å². The molecule has 0 aromatic heterocycles. The van der Waals surface area contributed by atoms with E-state index in [9.17, 15) is 9.59 Å². The Morgan fingerprint density at radius 2 is 1.50 bits per heavy atom. The largest absolute Gasteiger partial charge is 0.460 e. The smallest absolute Gasteiger partial charge is 0.316 e.